The predicted octanol–water partition coefficient (Wildman–Crippen LogP) is 1.97. The summed E-state index contributed by atoms with van der Waals surface area (Å²) in [5.74, 6) is 5.39. The van der Waals surface area contributed by atoms with Crippen LogP contribution in [0.1, 0.15) is 42.6 Å². The van der Waals surface area contributed by atoms with E-state index in [1.165, 1.54) is 0 Å². The zero-order valence-corrected chi connectivity index (χ0v) is 12.3. The standard InChI is InChI=1S/C15H23N3O2/c1-10-4-5-12(13(8-10)18-16)14(19)17-11-6-7-20-15(2,3)9-11/h4-5,8,11,18H,6-7,9,16H2,1-3H3,(H,17,19). The third kappa shape index (κ3) is 3.49. The Morgan fingerprint density at radius 1 is 1.45 bits per heavy atom. The molecule has 1 aromatic rings. The number of carbonyl (C=O) groups is 1. The average molecular weight is 277 g/mol. The van der Waals surface area contributed by atoms with E-state index in [1.807, 2.05) is 32.9 Å². The van der Waals surface area contributed by atoms with Crippen LogP contribution in [0, 0.1) is 6.92 Å². The summed E-state index contributed by atoms with van der Waals surface area (Å²) in [6.45, 7) is 6.73. The summed E-state index contributed by atoms with van der Waals surface area (Å²) in [4.78, 5) is 12.4. The van der Waals surface area contributed by atoms with E-state index in [2.05, 4.69) is 10.7 Å². The summed E-state index contributed by atoms with van der Waals surface area (Å²) in [6, 6.07) is 5.70. The number of anilines is 1. The van der Waals surface area contributed by atoms with Crippen LogP contribution in [0.2, 0.25) is 0 Å². The fourth-order valence-electron chi connectivity index (χ4n) is 2.59. The van der Waals surface area contributed by atoms with Crippen molar-refractivity contribution < 1.29 is 9.53 Å². The van der Waals surface area contributed by atoms with Gasteiger partial charge in [-0.05, 0) is 51.3 Å². The molecule has 1 aliphatic rings. The molecule has 1 saturated heterocycles. The highest BCUT2D eigenvalue weighted by atomic mass is 16.5. The fraction of sp³-hybridized carbons (Fsp3) is 0.533. The number of nitrogens with two attached hydrogens (primary N) is 1. The molecule has 1 aromatic carbocycles. The van der Waals surface area contributed by atoms with Crippen LogP contribution in [0.4, 0.5) is 5.69 Å². The maximum absolute atomic E-state index is 12.4. The molecule has 0 radical (unpaired) electrons. The van der Waals surface area contributed by atoms with Crippen molar-refractivity contribution in [3.8, 4) is 0 Å². The number of nitrogen functional groups attached to an aromatic ring is 1. The van der Waals surface area contributed by atoms with Crippen LogP contribution in [-0.4, -0.2) is 24.2 Å². The molecule has 5 nitrogen and oxygen atoms in total. The molecule has 2 rings (SSSR count). The van der Waals surface area contributed by atoms with Crippen molar-refractivity contribution in [2.75, 3.05) is 12.0 Å². The number of hydrogen-bond acceptors (Lipinski definition) is 4. The summed E-state index contributed by atoms with van der Waals surface area (Å²) in [6.07, 6.45) is 1.66. The van der Waals surface area contributed by atoms with E-state index in [0.29, 0.717) is 17.9 Å². The van der Waals surface area contributed by atoms with Gasteiger partial charge in [0.25, 0.3) is 5.91 Å². The number of amides is 1. The van der Waals surface area contributed by atoms with Gasteiger partial charge in [-0.25, -0.2) is 0 Å². The Hall–Kier alpha value is -1.59. The highest BCUT2D eigenvalue weighted by Crippen LogP contribution is 2.24. The number of rotatable bonds is 3. The minimum Gasteiger partial charge on any atom is -0.375 e. The molecule has 1 fully saturated rings. The molecule has 1 heterocycles. The van der Waals surface area contributed by atoms with E-state index < -0.39 is 0 Å². The van der Waals surface area contributed by atoms with Crippen molar-refractivity contribution in [3.63, 3.8) is 0 Å². The van der Waals surface area contributed by atoms with Crippen LogP contribution < -0.4 is 16.6 Å². The van der Waals surface area contributed by atoms with E-state index in [9.17, 15) is 4.79 Å². The monoisotopic (exact) mass is 277 g/mol. The molecule has 4 N–H and O–H groups in total. The molecule has 20 heavy (non-hydrogen) atoms. The molecular formula is C15H23N3O2. The molecule has 0 spiro atoms. The maximum Gasteiger partial charge on any atom is 0.253 e. The first-order valence-electron chi connectivity index (χ1n) is 6.93. The summed E-state index contributed by atoms with van der Waals surface area (Å²) in [5, 5.41) is 3.07. The van der Waals surface area contributed by atoms with Crippen molar-refractivity contribution >= 4 is 11.6 Å². The molecular weight excluding hydrogens is 254 g/mol. The van der Waals surface area contributed by atoms with Crippen LogP contribution >= 0.6 is 0 Å². The summed E-state index contributed by atoms with van der Waals surface area (Å²) in [7, 11) is 0. The van der Waals surface area contributed by atoms with Crippen molar-refractivity contribution in [3.05, 3.63) is 29.3 Å². The second-order valence-electron chi connectivity index (χ2n) is 5.96. The fourth-order valence-corrected chi connectivity index (χ4v) is 2.59. The van der Waals surface area contributed by atoms with Crippen LogP contribution in [-0.2, 0) is 4.74 Å². The van der Waals surface area contributed by atoms with Crippen LogP contribution in [0.3, 0.4) is 0 Å². The lowest BCUT2D eigenvalue weighted by Crippen LogP contribution is -2.45. The highest BCUT2D eigenvalue weighted by Gasteiger charge is 2.30. The topological polar surface area (TPSA) is 76.4 Å². The molecule has 110 valence electrons. The first kappa shape index (κ1) is 14.8. The smallest absolute Gasteiger partial charge is 0.253 e. The SMILES string of the molecule is Cc1ccc(C(=O)NC2CCOC(C)(C)C2)c(NN)c1. The number of carbonyl (C=O) groups excluding carboxylic acids is 1. The second kappa shape index (κ2) is 5.81. The van der Waals surface area contributed by atoms with Gasteiger partial charge in [0.2, 0.25) is 0 Å². The Balaban J connectivity index is 2.08. The van der Waals surface area contributed by atoms with E-state index >= 15 is 0 Å². The molecule has 0 aromatic heterocycles. The van der Waals surface area contributed by atoms with Crippen molar-refractivity contribution in [2.45, 2.75) is 45.3 Å². The number of nitrogens with one attached hydrogen (secondary N) is 2. The minimum absolute atomic E-state index is 0.0966. The summed E-state index contributed by atoms with van der Waals surface area (Å²) in [5.41, 5.74) is 4.68. The van der Waals surface area contributed by atoms with Gasteiger partial charge in [-0.3, -0.25) is 10.6 Å². The molecule has 1 amide bonds. The first-order valence-corrected chi connectivity index (χ1v) is 6.93. The molecule has 0 bridgehead atoms. The van der Waals surface area contributed by atoms with Gasteiger partial charge in [0.05, 0.1) is 16.9 Å². The van der Waals surface area contributed by atoms with Crippen LogP contribution in [0.5, 0.6) is 0 Å². The first-order chi connectivity index (χ1) is 9.41. The molecule has 0 aliphatic carbocycles. The van der Waals surface area contributed by atoms with Crippen molar-refractivity contribution in [1.29, 1.82) is 0 Å². The van der Waals surface area contributed by atoms with Gasteiger partial charge in [0.15, 0.2) is 0 Å². The quantitative estimate of drug-likeness (QED) is 0.583. The van der Waals surface area contributed by atoms with Crippen LogP contribution in [0.15, 0.2) is 18.2 Å². The largest absolute Gasteiger partial charge is 0.375 e. The second-order valence-corrected chi connectivity index (χ2v) is 5.96. The van der Waals surface area contributed by atoms with Gasteiger partial charge in [-0.15, -0.1) is 0 Å². The third-order valence-corrected chi connectivity index (χ3v) is 3.61. The third-order valence-electron chi connectivity index (χ3n) is 3.61. The minimum atomic E-state index is -0.182. The Labute approximate surface area is 119 Å². The molecule has 1 unspecified atom stereocenters. The Kier molecular flexibility index (Phi) is 4.30. The lowest BCUT2D eigenvalue weighted by atomic mass is 9.93. The van der Waals surface area contributed by atoms with Gasteiger partial charge in [0, 0.05) is 12.6 Å². The number of hydrazine groups is 1. The van der Waals surface area contributed by atoms with Crippen molar-refractivity contribution in [2.24, 2.45) is 5.84 Å². The number of benzene rings is 1. The predicted molar refractivity (Wildman–Crippen MR) is 79.5 cm³/mol. The van der Waals surface area contributed by atoms with Gasteiger partial charge in [0.1, 0.15) is 0 Å². The zero-order chi connectivity index (χ0) is 14.8. The zero-order valence-electron chi connectivity index (χ0n) is 12.3. The normalized spacial score (nSPS) is 21.3. The molecule has 5 heteroatoms. The van der Waals surface area contributed by atoms with E-state index in [-0.39, 0.29) is 17.6 Å². The van der Waals surface area contributed by atoms with E-state index in [1.54, 1.807) is 6.07 Å². The van der Waals surface area contributed by atoms with Gasteiger partial charge in [-0.2, -0.15) is 0 Å². The van der Waals surface area contributed by atoms with Gasteiger partial charge < -0.3 is 15.5 Å². The Bertz CT molecular complexity index is 500. The summed E-state index contributed by atoms with van der Waals surface area (Å²) < 4.78 is 5.66. The maximum atomic E-state index is 12.4. The Morgan fingerprint density at radius 2 is 2.20 bits per heavy atom. The molecule has 1 atom stereocenters. The van der Waals surface area contributed by atoms with E-state index in [4.69, 9.17) is 10.6 Å². The number of hydrogen-bond donors (Lipinski definition) is 3. The molecule has 0 saturated carbocycles. The van der Waals surface area contributed by atoms with Crippen molar-refractivity contribution in [1.82, 2.24) is 5.32 Å². The van der Waals surface area contributed by atoms with Gasteiger partial charge >= 0.3 is 0 Å². The average Bonchev–Trinajstić information content (AvgIpc) is 2.37. The molecule has 1 aliphatic heterocycles. The Morgan fingerprint density at radius 3 is 2.85 bits per heavy atom. The van der Waals surface area contributed by atoms with Crippen LogP contribution in [0.25, 0.3) is 0 Å². The summed E-state index contributed by atoms with van der Waals surface area (Å²) >= 11 is 0. The lowest BCUT2D eigenvalue weighted by molar-refractivity contribution is -0.0615. The number of aryl methyl sites for hydroxylation is 1. The van der Waals surface area contributed by atoms with E-state index in [0.717, 1.165) is 18.4 Å². The lowest BCUT2D eigenvalue weighted by Gasteiger charge is -2.35. The number of ether oxygens (including phenoxy) is 1. The van der Waals surface area contributed by atoms with Gasteiger partial charge in [-0.1, -0.05) is 6.07 Å². The highest BCUT2D eigenvalue weighted by molar-refractivity contribution is 5.99.